The van der Waals surface area contributed by atoms with Crippen LogP contribution in [0.25, 0.3) is 0 Å². The van der Waals surface area contributed by atoms with E-state index >= 15 is 0 Å². The summed E-state index contributed by atoms with van der Waals surface area (Å²) in [6, 6.07) is 7.28. The Morgan fingerprint density at radius 3 is 2.38 bits per heavy atom. The number of rotatable bonds is 8. The minimum atomic E-state index is -0.407. The van der Waals surface area contributed by atoms with E-state index in [4.69, 9.17) is 21.1 Å². The van der Waals surface area contributed by atoms with Crippen molar-refractivity contribution in [1.29, 1.82) is 0 Å². The van der Waals surface area contributed by atoms with Gasteiger partial charge in [0.05, 0.1) is 6.54 Å². The average Bonchev–Trinajstić information content (AvgIpc) is 3.07. The third kappa shape index (κ3) is 5.18. The molecule has 134 valence electrons. The number of likely N-dealkylation sites (N-methyl/N-ethyl adjacent to an activating group) is 1. The van der Waals surface area contributed by atoms with Gasteiger partial charge in [0.25, 0.3) is 0 Å². The fourth-order valence-corrected chi connectivity index (χ4v) is 3.31. The Morgan fingerprint density at radius 2 is 1.83 bits per heavy atom. The molecule has 0 radical (unpaired) electrons. The van der Waals surface area contributed by atoms with Gasteiger partial charge in [-0.05, 0) is 37.6 Å². The molecular weight excluding hydrogens is 328 g/mol. The van der Waals surface area contributed by atoms with Crippen molar-refractivity contribution in [3.05, 3.63) is 34.9 Å². The van der Waals surface area contributed by atoms with Crippen LogP contribution in [0.4, 0.5) is 0 Å². The number of ether oxygens (including phenoxy) is 2. The molecule has 24 heavy (non-hydrogen) atoms. The first-order chi connectivity index (χ1) is 11.5. The Balaban J connectivity index is 2.16. The normalized spacial score (nSPS) is 16.8. The molecule has 0 heterocycles. The highest BCUT2D eigenvalue weighted by Gasteiger charge is 2.29. The van der Waals surface area contributed by atoms with Crippen LogP contribution >= 0.6 is 11.6 Å². The first-order valence-electron chi connectivity index (χ1n) is 8.36. The smallest absolute Gasteiger partial charge is 0.242 e. The highest BCUT2D eigenvalue weighted by atomic mass is 35.5. The van der Waals surface area contributed by atoms with Gasteiger partial charge in [0.1, 0.15) is 6.04 Å². The summed E-state index contributed by atoms with van der Waals surface area (Å²) in [5.74, 6) is 0.0117. The van der Waals surface area contributed by atoms with Gasteiger partial charge >= 0.3 is 0 Å². The van der Waals surface area contributed by atoms with Crippen molar-refractivity contribution in [3.8, 4) is 0 Å². The highest BCUT2D eigenvalue weighted by molar-refractivity contribution is 6.30. The molecule has 1 fully saturated rings. The van der Waals surface area contributed by atoms with Gasteiger partial charge in [0.15, 0.2) is 6.29 Å². The minimum absolute atomic E-state index is 0.0117. The summed E-state index contributed by atoms with van der Waals surface area (Å²) < 4.78 is 10.5. The summed E-state index contributed by atoms with van der Waals surface area (Å²) >= 11 is 5.99. The number of amides is 1. The molecule has 1 amide bonds. The van der Waals surface area contributed by atoms with Gasteiger partial charge in [-0.3, -0.25) is 9.69 Å². The molecule has 0 aromatic heterocycles. The Labute approximate surface area is 149 Å². The molecule has 0 bridgehead atoms. The minimum Gasteiger partial charge on any atom is -0.355 e. The van der Waals surface area contributed by atoms with Crippen LogP contribution in [0.3, 0.4) is 0 Å². The van der Waals surface area contributed by atoms with E-state index in [1.807, 2.05) is 36.2 Å². The Hall–Kier alpha value is -1.14. The molecule has 1 aliphatic rings. The summed E-state index contributed by atoms with van der Waals surface area (Å²) in [5.41, 5.74) is 0.906. The van der Waals surface area contributed by atoms with Crippen molar-refractivity contribution in [2.24, 2.45) is 0 Å². The zero-order valence-electron chi connectivity index (χ0n) is 14.6. The third-order valence-electron chi connectivity index (χ3n) is 4.54. The van der Waals surface area contributed by atoms with Gasteiger partial charge in [0.2, 0.25) is 5.91 Å². The third-order valence-corrected chi connectivity index (χ3v) is 4.79. The maximum absolute atomic E-state index is 12.9. The van der Waals surface area contributed by atoms with Gasteiger partial charge < -0.3 is 14.8 Å². The lowest BCUT2D eigenvalue weighted by Gasteiger charge is -2.30. The fraction of sp³-hybridized carbons (Fsp3) is 0.611. The van der Waals surface area contributed by atoms with Gasteiger partial charge in [-0.2, -0.15) is 0 Å². The molecule has 0 saturated heterocycles. The van der Waals surface area contributed by atoms with Crippen LogP contribution in [-0.2, 0) is 14.3 Å². The summed E-state index contributed by atoms with van der Waals surface area (Å²) in [7, 11) is 5.09. The molecule has 1 saturated carbocycles. The van der Waals surface area contributed by atoms with Crippen molar-refractivity contribution in [1.82, 2.24) is 10.2 Å². The maximum Gasteiger partial charge on any atom is 0.242 e. The molecule has 1 aromatic rings. The Bertz CT molecular complexity index is 514. The molecule has 0 spiro atoms. The molecule has 6 heteroatoms. The first-order valence-corrected chi connectivity index (χ1v) is 8.74. The summed E-state index contributed by atoms with van der Waals surface area (Å²) in [5, 5.41) is 3.84. The molecule has 1 N–H and O–H groups in total. The van der Waals surface area contributed by atoms with E-state index in [1.165, 1.54) is 12.8 Å². The molecule has 2 rings (SSSR count). The number of halogens is 1. The second-order valence-electron chi connectivity index (χ2n) is 6.28. The van der Waals surface area contributed by atoms with Gasteiger partial charge in [-0.15, -0.1) is 0 Å². The van der Waals surface area contributed by atoms with Gasteiger partial charge in [0, 0.05) is 25.3 Å². The molecule has 0 unspecified atom stereocenters. The average molecular weight is 355 g/mol. The van der Waals surface area contributed by atoms with E-state index < -0.39 is 6.04 Å². The van der Waals surface area contributed by atoms with Crippen LogP contribution in [0.15, 0.2) is 24.3 Å². The molecule has 1 aromatic carbocycles. The van der Waals surface area contributed by atoms with Gasteiger partial charge in [-0.1, -0.05) is 36.6 Å². The SMILES string of the molecule is COC(CN(C)[C@@H](C(=O)NC1CCCC1)c1ccc(Cl)cc1)OC. The zero-order chi connectivity index (χ0) is 17.5. The van der Waals surface area contributed by atoms with E-state index in [0.717, 1.165) is 18.4 Å². The van der Waals surface area contributed by atoms with Crippen molar-refractivity contribution < 1.29 is 14.3 Å². The Morgan fingerprint density at radius 1 is 1.25 bits per heavy atom. The lowest BCUT2D eigenvalue weighted by atomic mass is 10.0. The fourth-order valence-electron chi connectivity index (χ4n) is 3.19. The highest BCUT2D eigenvalue weighted by Crippen LogP contribution is 2.24. The van der Waals surface area contributed by atoms with E-state index in [-0.39, 0.29) is 18.2 Å². The monoisotopic (exact) mass is 354 g/mol. The van der Waals surface area contributed by atoms with Crippen LogP contribution in [-0.4, -0.2) is 51.0 Å². The van der Waals surface area contributed by atoms with Crippen molar-refractivity contribution in [2.75, 3.05) is 27.8 Å². The zero-order valence-corrected chi connectivity index (χ0v) is 15.4. The number of benzene rings is 1. The van der Waals surface area contributed by atoms with Crippen LogP contribution in [0.5, 0.6) is 0 Å². The molecule has 5 nitrogen and oxygen atoms in total. The second-order valence-corrected chi connectivity index (χ2v) is 6.72. The van der Waals surface area contributed by atoms with Crippen molar-refractivity contribution >= 4 is 17.5 Å². The number of carbonyl (C=O) groups is 1. The number of hydrogen-bond acceptors (Lipinski definition) is 4. The molecule has 1 atom stereocenters. The van der Waals surface area contributed by atoms with Crippen LogP contribution in [0.1, 0.15) is 37.3 Å². The molecule has 0 aliphatic heterocycles. The summed E-state index contributed by atoms with van der Waals surface area (Å²) in [6.45, 7) is 0.485. The lowest BCUT2D eigenvalue weighted by molar-refractivity contribution is -0.135. The van der Waals surface area contributed by atoms with E-state index in [1.54, 1.807) is 14.2 Å². The van der Waals surface area contributed by atoms with Crippen molar-refractivity contribution in [3.63, 3.8) is 0 Å². The van der Waals surface area contributed by atoms with Gasteiger partial charge in [-0.25, -0.2) is 0 Å². The topological polar surface area (TPSA) is 50.8 Å². The second kappa shape index (κ2) is 9.37. The number of nitrogens with one attached hydrogen (secondary N) is 1. The lowest BCUT2D eigenvalue weighted by Crippen LogP contribution is -2.45. The largest absolute Gasteiger partial charge is 0.355 e. The predicted octanol–water partition coefficient (Wildman–Crippen LogP) is 2.99. The number of hydrogen-bond donors (Lipinski definition) is 1. The van der Waals surface area contributed by atoms with E-state index in [2.05, 4.69) is 5.32 Å². The standard InChI is InChI=1S/C18H27ClN2O3/c1-21(12-16(23-2)24-3)17(13-8-10-14(19)11-9-13)18(22)20-15-6-4-5-7-15/h8-11,15-17H,4-7,12H2,1-3H3,(H,20,22)/t17-/m1/s1. The van der Waals surface area contributed by atoms with Crippen molar-refractivity contribution in [2.45, 2.75) is 44.1 Å². The summed E-state index contributed by atoms with van der Waals surface area (Å²) in [4.78, 5) is 14.9. The molecule has 1 aliphatic carbocycles. The van der Waals surface area contributed by atoms with E-state index in [9.17, 15) is 4.79 Å². The number of carbonyl (C=O) groups excluding carboxylic acids is 1. The predicted molar refractivity (Wildman–Crippen MR) is 95.0 cm³/mol. The number of methoxy groups -OCH3 is 2. The number of nitrogens with zero attached hydrogens (tertiary/aromatic N) is 1. The first kappa shape index (κ1) is 19.2. The summed E-state index contributed by atoms with van der Waals surface area (Å²) in [6.07, 6.45) is 4.09. The maximum atomic E-state index is 12.9. The van der Waals surface area contributed by atoms with E-state index in [0.29, 0.717) is 11.6 Å². The van der Waals surface area contributed by atoms with Crippen LogP contribution in [0.2, 0.25) is 5.02 Å². The van der Waals surface area contributed by atoms with Crippen LogP contribution < -0.4 is 5.32 Å². The Kier molecular flexibility index (Phi) is 7.49. The quantitative estimate of drug-likeness (QED) is 0.729. The van der Waals surface area contributed by atoms with Crippen LogP contribution in [0, 0.1) is 0 Å². The molecular formula is C18H27ClN2O3.